The number of imide groups is 1. The summed E-state index contributed by atoms with van der Waals surface area (Å²) in [5, 5.41) is 8.93. The molecule has 0 radical (unpaired) electrons. The second-order valence-electron chi connectivity index (χ2n) is 5.70. The van der Waals surface area contributed by atoms with Crippen LogP contribution in [0.1, 0.15) is 37.7 Å². The van der Waals surface area contributed by atoms with Gasteiger partial charge in [0.15, 0.2) is 0 Å². The number of methoxy groups -OCH3 is 1. The first kappa shape index (κ1) is 13.6. The van der Waals surface area contributed by atoms with Gasteiger partial charge >= 0.3 is 0 Å². The molecule has 0 N–H and O–H groups in total. The first-order valence-corrected chi connectivity index (χ1v) is 7.07. The van der Waals surface area contributed by atoms with Gasteiger partial charge in [-0.3, -0.25) is 9.59 Å². The molecule has 21 heavy (non-hydrogen) atoms. The Bertz CT molecular complexity index is 654. The van der Waals surface area contributed by atoms with Crippen molar-refractivity contribution >= 4 is 17.5 Å². The maximum atomic E-state index is 12.7. The van der Waals surface area contributed by atoms with Crippen LogP contribution in [0.15, 0.2) is 18.2 Å². The van der Waals surface area contributed by atoms with Gasteiger partial charge in [-0.25, -0.2) is 4.90 Å². The van der Waals surface area contributed by atoms with Crippen molar-refractivity contribution in [3.63, 3.8) is 0 Å². The Morgan fingerprint density at radius 2 is 2.00 bits per heavy atom. The molecule has 0 aromatic heterocycles. The Morgan fingerprint density at radius 1 is 1.29 bits per heavy atom. The molecule has 1 saturated heterocycles. The second kappa shape index (κ2) is 4.88. The van der Waals surface area contributed by atoms with Crippen molar-refractivity contribution < 1.29 is 14.3 Å². The van der Waals surface area contributed by atoms with E-state index >= 15 is 0 Å². The summed E-state index contributed by atoms with van der Waals surface area (Å²) in [5.41, 5.74) is 0.372. The van der Waals surface area contributed by atoms with E-state index in [-0.39, 0.29) is 18.2 Å². The summed E-state index contributed by atoms with van der Waals surface area (Å²) in [5.74, 6) is 0.0868. The van der Waals surface area contributed by atoms with E-state index in [4.69, 9.17) is 10.00 Å². The van der Waals surface area contributed by atoms with Gasteiger partial charge in [0.05, 0.1) is 29.8 Å². The molecule has 1 saturated carbocycles. The van der Waals surface area contributed by atoms with Crippen molar-refractivity contribution in [2.45, 2.75) is 32.1 Å². The highest BCUT2D eigenvalue weighted by atomic mass is 16.5. The topological polar surface area (TPSA) is 70.4 Å². The number of rotatable bonds is 2. The fourth-order valence-electron chi connectivity index (χ4n) is 3.41. The number of hydrogen-bond acceptors (Lipinski definition) is 4. The molecule has 0 unspecified atom stereocenters. The van der Waals surface area contributed by atoms with Crippen LogP contribution in [0.25, 0.3) is 0 Å². The van der Waals surface area contributed by atoms with Crippen LogP contribution in [0.5, 0.6) is 5.75 Å². The molecule has 1 heterocycles. The molecule has 0 bridgehead atoms. The van der Waals surface area contributed by atoms with E-state index in [9.17, 15) is 9.59 Å². The molecule has 3 rings (SSSR count). The number of anilines is 1. The molecule has 1 spiro atoms. The first-order chi connectivity index (χ1) is 10.1. The molecule has 1 aromatic rings. The van der Waals surface area contributed by atoms with Crippen molar-refractivity contribution in [1.82, 2.24) is 0 Å². The average Bonchev–Trinajstić information content (AvgIpc) is 3.05. The number of carbonyl (C=O) groups excluding carboxylic acids is 2. The summed E-state index contributed by atoms with van der Waals surface area (Å²) < 4.78 is 5.25. The first-order valence-electron chi connectivity index (χ1n) is 7.07. The largest absolute Gasteiger partial charge is 0.495 e. The van der Waals surface area contributed by atoms with Crippen LogP contribution in [-0.2, 0) is 9.59 Å². The minimum absolute atomic E-state index is 0.118. The third-order valence-corrected chi connectivity index (χ3v) is 4.51. The smallest absolute Gasteiger partial charge is 0.240 e. The number of nitriles is 1. The van der Waals surface area contributed by atoms with Gasteiger partial charge in [-0.15, -0.1) is 0 Å². The Kier molecular flexibility index (Phi) is 3.17. The van der Waals surface area contributed by atoms with E-state index in [1.54, 1.807) is 18.2 Å². The van der Waals surface area contributed by atoms with E-state index in [1.165, 1.54) is 12.0 Å². The summed E-state index contributed by atoms with van der Waals surface area (Å²) in [7, 11) is 1.47. The zero-order valence-electron chi connectivity index (χ0n) is 11.9. The monoisotopic (exact) mass is 284 g/mol. The van der Waals surface area contributed by atoms with Crippen molar-refractivity contribution in [1.29, 1.82) is 5.26 Å². The highest BCUT2D eigenvalue weighted by molar-refractivity contribution is 6.23. The van der Waals surface area contributed by atoms with Crippen molar-refractivity contribution in [3.8, 4) is 11.8 Å². The van der Waals surface area contributed by atoms with Gasteiger partial charge in [-0.1, -0.05) is 12.8 Å². The maximum absolute atomic E-state index is 12.7. The molecule has 2 aliphatic rings. The average molecular weight is 284 g/mol. The summed E-state index contributed by atoms with van der Waals surface area (Å²) >= 11 is 0. The number of hydrogen-bond donors (Lipinski definition) is 0. The van der Waals surface area contributed by atoms with E-state index in [0.29, 0.717) is 17.0 Å². The summed E-state index contributed by atoms with van der Waals surface area (Å²) in [6.45, 7) is 0. The molecule has 5 nitrogen and oxygen atoms in total. The molecule has 108 valence electrons. The maximum Gasteiger partial charge on any atom is 0.240 e. The highest BCUT2D eigenvalue weighted by Crippen LogP contribution is 2.49. The zero-order chi connectivity index (χ0) is 15.0. The summed E-state index contributed by atoms with van der Waals surface area (Å²) in [6.07, 6.45) is 3.85. The van der Waals surface area contributed by atoms with Gasteiger partial charge in [0.2, 0.25) is 11.8 Å². The van der Waals surface area contributed by atoms with Crippen molar-refractivity contribution in [2.75, 3.05) is 12.0 Å². The van der Waals surface area contributed by atoms with Crippen LogP contribution in [0.3, 0.4) is 0 Å². The lowest BCUT2D eigenvalue weighted by Crippen LogP contribution is -2.34. The zero-order valence-corrected chi connectivity index (χ0v) is 11.9. The predicted octanol–water partition coefficient (Wildman–Crippen LogP) is 2.39. The van der Waals surface area contributed by atoms with Gasteiger partial charge < -0.3 is 4.74 Å². The minimum Gasteiger partial charge on any atom is -0.495 e. The van der Waals surface area contributed by atoms with Gasteiger partial charge in [0, 0.05) is 12.5 Å². The van der Waals surface area contributed by atoms with E-state index in [0.717, 1.165) is 25.7 Å². The van der Waals surface area contributed by atoms with E-state index in [1.807, 2.05) is 6.07 Å². The summed E-state index contributed by atoms with van der Waals surface area (Å²) in [4.78, 5) is 26.3. The molecule has 0 atom stereocenters. The van der Waals surface area contributed by atoms with Crippen molar-refractivity contribution in [2.24, 2.45) is 5.41 Å². The fraction of sp³-hybridized carbons (Fsp3) is 0.438. The molecular weight excluding hydrogens is 268 g/mol. The Morgan fingerprint density at radius 3 is 2.62 bits per heavy atom. The third-order valence-electron chi connectivity index (χ3n) is 4.51. The van der Waals surface area contributed by atoms with E-state index < -0.39 is 5.41 Å². The van der Waals surface area contributed by atoms with Gasteiger partial charge in [-0.2, -0.15) is 5.26 Å². The lowest BCUT2D eigenvalue weighted by Gasteiger charge is -2.22. The number of benzene rings is 1. The highest BCUT2D eigenvalue weighted by Gasteiger charge is 2.53. The number of ether oxygens (including phenoxy) is 1. The van der Waals surface area contributed by atoms with Crippen molar-refractivity contribution in [3.05, 3.63) is 23.8 Å². The fourth-order valence-corrected chi connectivity index (χ4v) is 3.41. The number of nitrogens with zero attached hydrogens (tertiary/aromatic N) is 2. The Hall–Kier alpha value is -2.35. The van der Waals surface area contributed by atoms with Crippen LogP contribution in [-0.4, -0.2) is 18.9 Å². The van der Waals surface area contributed by atoms with Crippen LogP contribution in [0.2, 0.25) is 0 Å². The van der Waals surface area contributed by atoms with Crippen LogP contribution in [0, 0.1) is 16.7 Å². The predicted molar refractivity (Wildman–Crippen MR) is 75.7 cm³/mol. The molecule has 2 amide bonds. The molecule has 1 aromatic carbocycles. The molecule has 5 heteroatoms. The van der Waals surface area contributed by atoms with Crippen LogP contribution in [0.4, 0.5) is 5.69 Å². The molecule has 2 fully saturated rings. The number of amides is 2. The molecule has 1 aliphatic carbocycles. The standard InChI is InChI=1S/C16H16N2O3/c1-21-13-8-11(10-17)4-5-12(13)18-14(19)9-16(15(18)20)6-2-3-7-16/h4-5,8H,2-3,6-7,9H2,1H3. The Labute approximate surface area is 123 Å². The van der Waals surface area contributed by atoms with Gasteiger partial charge in [0.1, 0.15) is 5.75 Å². The van der Waals surface area contributed by atoms with Crippen LogP contribution >= 0.6 is 0 Å². The number of carbonyl (C=O) groups is 2. The SMILES string of the molecule is COc1cc(C#N)ccc1N1C(=O)CC2(CCCC2)C1=O. The molecule has 1 aliphatic heterocycles. The quantitative estimate of drug-likeness (QED) is 0.782. The van der Waals surface area contributed by atoms with Gasteiger partial charge in [0.25, 0.3) is 0 Å². The molecular formula is C16H16N2O3. The van der Waals surface area contributed by atoms with E-state index in [2.05, 4.69) is 0 Å². The minimum atomic E-state index is -0.504. The Balaban J connectivity index is 2.03. The lowest BCUT2D eigenvalue weighted by molar-refractivity contribution is -0.125. The lowest BCUT2D eigenvalue weighted by atomic mass is 9.84. The van der Waals surface area contributed by atoms with Crippen LogP contribution < -0.4 is 9.64 Å². The normalized spacial score (nSPS) is 20.1. The summed E-state index contributed by atoms with van der Waals surface area (Å²) in [6, 6.07) is 6.78. The third kappa shape index (κ3) is 1.99. The van der Waals surface area contributed by atoms with Gasteiger partial charge in [-0.05, 0) is 25.0 Å². The second-order valence-corrected chi connectivity index (χ2v) is 5.70.